The topological polar surface area (TPSA) is 32.8 Å². The molecular formula is C11H22N2O2. The lowest BCUT2D eigenvalue weighted by molar-refractivity contribution is 0.122. The molecule has 0 aromatic heterocycles. The maximum atomic E-state index is 12.0. The smallest absolute Gasteiger partial charge is 0.320 e. The van der Waals surface area contributed by atoms with Crippen LogP contribution in [0.1, 0.15) is 26.2 Å². The van der Waals surface area contributed by atoms with Crippen LogP contribution in [0.15, 0.2) is 0 Å². The van der Waals surface area contributed by atoms with E-state index in [9.17, 15) is 4.79 Å². The summed E-state index contributed by atoms with van der Waals surface area (Å²) in [6, 6.07) is 0.175. The number of piperidine rings is 1. The van der Waals surface area contributed by atoms with Gasteiger partial charge in [0.25, 0.3) is 0 Å². The van der Waals surface area contributed by atoms with Gasteiger partial charge in [0.15, 0.2) is 0 Å². The number of likely N-dealkylation sites (tertiary alicyclic amines) is 1. The summed E-state index contributed by atoms with van der Waals surface area (Å²) in [5, 5.41) is 0. The van der Waals surface area contributed by atoms with Gasteiger partial charge in [0.05, 0.1) is 6.61 Å². The highest BCUT2D eigenvalue weighted by molar-refractivity contribution is 5.74. The van der Waals surface area contributed by atoms with E-state index in [0.717, 1.165) is 32.5 Å². The zero-order chi connectivity index (χ0) is 11.1. The van der Waals surface area contributed by atoms with Crippen LogP contribution in [0.4, 0.5) is 4.79 Å². The molecule has 0 atom stereocenters. The summed E-state index contributed by atoms with van der Waals surface area (Å²) >= 11 is 0. The number of likely N-dealkylation sites (N-methyl/N-ethyl adjacent to an activating group) is 1. The second-order valence-corrected chi connectivity index (χ2v) is 3.90. The van der Waals surface area contributed by atoms with Crippen molar-refractivity contribution in [1.82, 2.24) is 9.80 Å². The molecule has 1 rings (SSSR count). The van der Waals surface area contributed by atoms with Crippen molar-refractivity contribution in [3.63, 3.8) is 0 Å². The van der Waals surface area contributed by atoms with Gasteiger partial charge < -0.3 is 14.5 Å². The van der Waals surface area contributed by atoms with E-state index in [4.69, 9.17) is 4.74 Å². The van der Waals surface area contributed by atoms with Gasteiger partial charge in [0, 0.05) is 33.3 Å². The molecule has 0 N–H and O–H groups in total. The number of hydrogen-bond acceptors (Lipinski definition) is 2. The predicted molar refractivity (Wildman–Crippen MR) is 59.9 cm³/mol. The minimum Gasteiger partial charge on any atom is -0.383 e. The van der Waals surface area contributed by atoms with Gasteiger partial charge in [-0.25, -0.2) is 4.79 Å². The summed E-state index contributed by atoms with van der Waals surface area (Å²) < 4.78 is 5.00. The number of ether oxygens (including phenoxy) is 1. The van der Waals surface area contributed by atoms with Crippen LogP contribution in [0.5, 0.6) is 0 Å². The Labute approximate surface area is 92.2 Å². The van der Waals surface area contributed by atoms with Gasteiger partial charge in [0.1, 0.15) is 0 Å². The van der Waals surface area contributed by atoms with Gasteiger partial charge in [-0.2, -0.15) is 0 Å². The summed E-state index contributed by atoms with van der Waals surface area (Å²) in [7, 11) is 1.67. The maximum Gasteiger partial charge on any atom is 0.320 e. The van der Waals surface area contributed by atoms with E-state index in [1.54, 1.807) is 7.11 Å². The van der Waals surface area contributed by atoms with Gasteiger partial charge in [-0.15, -0.1) is 0 Å². The van der Waals surface area contributed by atoms with E-state index in [1.165, 1.54) is 6.42 Å². The summed E-state index contributed by atoms with van der Waals surface area (Å²) in [6.45, 7) is 5.93. The van der Waals surface area contributed by atoms with Crippen LogP contribution in [0, 0.1) is 0 Å². The third-order valence-electron chi connectivity index (χ3n) is 2.84. The summed E-state index contributed by atoms with van der Waals surface area (Å²) in [6.07, 6.45) is 3.55. The predicted octanol–water partition coefficient (Wildman–Crippen LogP) is 1.56. The first-order chi connectivity index (χ1) is 7.29. The summed E-state index contributed by atoms with van der Waals surface area (Å²) in [5.74, 6) is 0. The molecule has 1 aliphatic rings. The highest BCUT2D eigenvalue weighted by Gasteiger charge is 2.20. The number of carbonyl (C=O) groups excluding carboxylic acids is 1. The average molecular weight is 214 g/mol. The fourth-order valence-corrected chi connectivity index (χ4v) is 1.88. The van der Waals surface area contributed by atoms with Crippen molar-refractivity contribution in [2.75, 3.05) is 39.9 Å². The van der Waals surface area contributed by atoms with Crippen molar-refractivity contribution < 1.29 is 9.53 Å². The highest BCUT2D eigenvalue weighted by Crippen LogP contribution is 2.10. The van der Waals surface area contributed by atoms with E-state index >= 15 is 0 Å². The van der Waals surface area contributed by atoms with Crippen LogP contribution in [-0.4, -0.2) is 55.7 Å². The Morgan fingerprint density at radius 2 is 2.00 bits per heavy atom. The number of urea groups is 1. The molecule has 4 nitrogen and oxygen atoms in total. The van der Waals surface area contributed by atoms with Gasteiger partial charge in [-0.1, -0.05) is 0 Å². The van der Waals surface area contributed by atoms with Gasteiger partial charge >= 0.3 is 6.03 Å². The van der Waals surface area contributed by atoms with Crippen LogP contribution < -0.4 is 0 Å². The minimum absolute atomic E-state index is 0.175. The molecule has 4 heteroatoms. The molecule has 1 fully saturated rings. The number of hydrogen-bond donors (Lipinski definition) is 0. The van der Waals surface area contributed by atoms with E-state index in [2.05, 4.69) is 0 Å². The number of nitrogens with zero attached hydrogens (tertiary/aromatic N) is 2. The van der Waals surface area contributed by atoms with Crippen LogP contribution in [0.2, 0.25) is 0 Å². The first-order valence-electron chi connectivity index (χ1n) is 5.82. The number of methoxy groups -OCH3 is 1. The Morgan fingerprint density at radius 3 is 2.53 bits per heavy atom. The lowest BCUT2D eigenvalue weighted by Gasteiger charge is -2.32. The Hall–Kier alpha value is -0.770. The molecule has 0 radical (unpaired) electrons. The number of rotatable bonds is 4. The molecule has 0 bridgehead atoms. The fourth-order valence-electron chi connectivity index (χ4n) is 1.88. The molecule has 0 aliphatic carbocycles. The van der Waals surface area contributed by atoms with Crippen molar-refractivity contribution >= 4 is 6.03 Å². The zero-order valence-electron chi connectivity index (χ0n) is 9.87. The Balaban J connectivity index is 2.40. The molecule has 0 unspecified atom stereocenters. The fraction of sp³-hybridized carbons (Fsp3) is 0.909. The van der Waals surface area contributed by atoms with E-state index < -0.39 is 0 Å². The molecule has 1 aliphatic heterocycles. The lowest BCUT2D eigenvalue weighted by Crippen LogP contribution is -2.46. The van der Waals surface area contributed by atoms with Gasteiger partial charge in [-0.05, 0) is 26.2 Å². The monoisotopic (exact) mass is 214 g/mol. The van der Waals surface area contributed by atoms with E-state index in [-0.39, 0.29) is 6.03 Å². The molecule has 1 saturated heterocycles. The molecule has 0 aromatic carbocycles. The quantitative estimate of drug-likeness (QED) is 0.711. The van der Waals surface area contributed by atoms with Crippen molar-refractivity contribution in [2.24, 2.45) is 0 Å². The second kappa shape index (κ2) is 6.67. The molecule has 0 saturated carbocycles. The van der Waals surface area contributed by atoms with Crippen LogP contribution in [0.3, 0.4) is 0 Å². The van der Waals surface area contributed by atoms with Gasteiger partial charge in [-0.3, -0.25) is 0 Å². The van der Waals surface area contributed by atoms with Crippen molar-refractivity contribution in [1.29, 1.82) is 0 Å². The third kappa shape index (κ3) is 3.70. The first-order valence-corrected chi connectivity index (χ1v) is 5.82. The summed E-state index contributed by atoms with van der Waals surface area (Å²) in [4.78, 5) is 15.8. The van der Waals surface area contributed by atoms with Crippen molar-refractivity contribution in [3.05, 3.63) is 0 Å². The molecule has 0 aromatic rings. The van der Waals surface area contributed by atoms with Crippen LogP contribution >= 0.6 is 0 Å². The average Bonchev–Trinajstić information content (AvgIpc) is 2.31. The molecule has 1 heterocycles. The Morgan fingerprint density at radius 1 is 1.33 bits per heavy atom. The third-order valence-corrected chi connectivity index (χ3v) is 2.84. The molecule has 15 heavy (non-hydrogen) atoms. The van der Waals surface area contributed by atoms with Crippen molar-refractivity contribution in [3.8, 4) is 0 Å². The standard InChI is InChI=1S/C11H22N2O2/c1-3-12(9-10-15-2)11(14)13-7-5-4-6-8-13/h3-10H2,1-2H3. The normalized spacial score (nSPS) is 16.5. The van der Waals surface area contributed by atoms with Crippen molar-refractivity contribution in [2.45, 2.75) is 26.2 Å². The van der Waals surface area contributed by atoms with Crippen LogP contribution in [-0.2, 0) is 4.74 Å². The van der Waals surface area contributed by atoms with Gasteiger partial charge in [0.2, 0.25) is 0 Å². The Kier molecular flexibility index (Phi) is 5.47. The molecule has 88 valence electrons. The van der Waals surface area contributed by atoms with E-state index in [1.807, 2.05) is 16.7 Å². The maximum absolute atomic E-state index is 12.0. The SMILES string of the molecule is CCN(CCOC)C(=O)N1CCCCC1. The zero-order valence-corrected chi connectivity index (χ0v) is 9.87. The highest BCUT2D eigenvalue weighted by atomic mass is 16.5. The Bertz CT molecular complexity index is 191. The lowest BCUT2D eigenvalue weighted by atomic mass is 10.1. The molecule has 0 spiro atoms. The minimum atomic E-state index is 0.175. The molecule has 2 amide bonds. The largest absolute Gasteiger partial charge is 0.383 e. The number of carbonyl (C=O) groups is 1. The molecular weight excluding hydrogens is 192 g/mol. The number of amides is 2. The second-order valence-electron chi connectivity index (χ2n) is 3.90. The van der Waals surface area contributed by atoms with Crippen LogP contribution in [0.25, 0.3) is 0 Å². The summed E-state index contributed by atoms with van der Waals surface area (Å²) in [5.41, 5.74) is 0. The first kappa shape index (κ1) is 12.3. The van der Waals surface area contributed by atoms with E-state index in [0.29, 0.717) is 13.2 Å².